The maximum Gasteiger partial charge on any atom is 0.185 e. The highest BCUT2D eigenvalue weighted by molar-refractivity contribution is 9.10. The normalized spacial score (nSPS) is 11.2. The van der Waals surface area contributed by atoms with E-state index in [1.54, 1.807) is 6.08 Å². The van der Waals surface area contributed by atoms with Crippen molar-refractivity contribution in [3.05, 3.63) is 75.8 Å². The Morgan fingerprint density at radius 2 is 1.60 bits per heavy atom. The maximum absolute atomic E-state index is 12.1. The molecule has 0 aliphatic rings. The number of rotatable bonds is 4. The van der Waals surface area contributed by atoms with Crippen LogP contribution in [0.2, 0.25) is 0 Å². The zero-order valence-corrected chi connectivity index (χ0v) is 13.2. The van der Waals surface area contributed by atoms with E-state index < -0.39 is 0 Å². The lowest BCUT2D eigenvalue weighted by Gasteiger charge is -2.05. The molecular weight excluding hydrogens is 312 g/mol. The molecule has 0 fully saturated rings. The standard InChI is InChI=1S/C18H17BrO/c1-13(2)15-6-8-16(9-7-15)18(20)12-5-14-3-10-17(19)11-4-14/h3-13H,1-2H3/b12-5+. The van der Waals surface area contributed by atoms with Crippen LogP contribution in [-0.4, -0.2) is 5.78 Å². The van der Waals surface area contributed by atoms with E-state index in [1.165, 1.54) is 5.56 Å². The highest BCUT2D eigenvalue weighted by atomic mass is 79.9. The van der Waals surface area contributed by atoms with Gasteiger partial charge in [0.2, 0.25) is 0 Å². The summed E-state index contributed by atoms with van der Waals surface area (Å²) < 4.78 is 1.03. The summed E-state index contributed by atoms with van der Waals surface area (Å²) in [6.07, 6.45) is 3.46. The van der Waals surface area contributed by atoms with Crippen LogP contribution in [0.5, 0.6) is 0 Å². The number of carbonyl (C=O) groups excluding carboxylic acids is 1. The molecule has 2 aromatic rings. The molecule has 0 amide bonds. The Kier molecular flexibility index (Phi) is 4.91. The van der Waals surface area contributed by atoms with Crippen molar-refractivity contribution < 1.29 is 4.79 Å². The second-order valence-electron chi connectivity index (χ2n) is 5.03. The predicted molar refractivity (Wildman–Crippen MR) is 88.0 cm³/mol. The fourth-order valence-corrected chi connectivity index (χ4v) is 2.14. The molecule has 0 unspecified atom stereocenters. The lowest BCUT2D eigenvalue weighted by Crippen LogP contribution is -1.95. The average Bonchev–Trinajstić information content (AvgIpc) is 2.46. The van der Waals surface area contributed by atoms with E-state index in [2.05, 4.69) is 29.8 Å². The molecular formula is C18H17BrO. The number of hydrogen-bond donors (Lipinski definition) is 0. The van der Waals surface area contributed by atoms with Crippen LogP contribution in [-0.2, 0) is 0 Å². The minimum atomic E-state index is 0.0308. The van der Waals surface area contributed by atoms with Gasteiger partial charge in [-0.2, -0.15) is 0 Å². The van der Waals surface area contributed by atoms with Crippen LogP contribution in [0.1, 0.15) is 41.3 Å². The summed E-state index contributed by atoms with van der Waals surface area (Å²) in [4.78, 5) is 12.1. The number of ketones is 1. The Bertz CT molecular complexity index is 607. The third kappa shape index (κ3) is 3.91. The van der Waals surface area contributed by atoms with Crippen molar-refractivity contribution in [2.75, 3.05) is 0 Å². The summed E-state index contributed by atoms with van der Waals surface area (Å²) >= 11 is 3.39. The number of halogens is 1. The Labute approximate surface area is 128 Å². The van der Waals surface area contributed by atoms with Gasteiger partial charge in [-0.15, -0.1) is 0 Å². The van der Waals surface area contributed by atoms with Gasteiger partial charge in [0.15, 0.2) is 5.78 Å². The zero-order valence-electron chi connectivity index (χ0n) is 11.6. The topological polar surface area (TPSA) is 17.1 Å². The Hall–Kier alpha value is -1.67. The second kappa shape index (κ2) is 6.67. The SMILES string of the molecule is CC(C)c1ccc(C(=O)/C=C/c2ccc(Br)cc2)cc1. The van der Waals surface area contributed by atoms with E-state index in [0.29, 0.717) is 5.92 Å². The first kappa shape index (κ1) is 14.7. The first-order valence-corrected chi connectivity index (χ1v) is 7.43. The van der Waals surface area contributed by atoms with E-state index in [4.69, 9.17) is 0 Å². The fraction of sp³-hybridized carbons (Fsp3) is 0.167. The van der Waals surface area contributed by atoms with Gasteiger partial charge < -0.3 is 0 Å². The smallest absolute Gasteiger partial charge is 0.185 e. The van der Waals surface area contributed by atoms with Crippen molar-refractivity contribution in [2.24, 2.45) is 0 Å². The highest BCUT2D eigenvalue weighted by Crippen LogP contribution is 2.16. The highest BCUT2D eigenvalue weighted by Gasteiger charge is 2.03. The first-order chi connectivity index (χ1) is 9.56. The third-order valence-corrected chi connectivity index (χ3v) is 3.69. The monoisotopic (exact) mass is 328 g/mol. The molecule has 2 rings (SSSR count). The molecule has 0 bridgehead atoms. The number of allylic oxidation sites excluding steroid dienone is 1. The van der Waals surface area contributed by atoms with Crippen LogP contribution in [0, 0.1) is 0 Å². The molecule has 0 aliphatic heterocycles. The summed E-state index contributed by atoms with van der Waals surface area (Å²) in [6, 6.07) is 15.7. The van der Waals surface area contributed by atoms with Crippen molar-refractivity contribution in [3.63, 3.8) is 0 Å². The van der Waals surface area contributed by atoms with Crippen molar-refractivity contribution in [1.82, 2.24) is 0 Å². The molecule has 0 atom stereocenters. The second-order valence-corrected chi connectivity index (χ2v) is 5.94. The summed E-state index contributed by atoms with van der Waals surface area (Å²) in [7, 11) is 0. The van der Waals surface area contributed by atoms with Crippen molar-refractivity contribution in [3.8, 4) is 0 Å². The van der Waals surface area contributed by atoms with E-state index in [0.717, 1.165) is 15.6 Å². The molecule has 0 radical (unpaired) electrons. The van der Waals surface area contributed by atoms with Crippen molar-refractivity contribution in [2.45, 2.75) is 19.8 Å². The van der Waals surface area contributed by atoms with Gasteiger partial charge in [0.05, 0.1) is 0 Å². The maximum atomic E-state index is 12.1. The third-order valence-electron chi connectivity index (χ3n) is 3.16. The molecule has 102 valence electrons. The van der Waals surface area contributed by atoms with Gasteiger partial charge in [-0.1, -0.05) is 72.3 Å². The summed E-state index contributed by atoms with van der Waals surface area (Å²) in [6.45, 7) is 4.29. The molecule has 20 heavy (non-hydrogen) atoms. The van der Waals surface area contributed by atoms with E-state index in [1.807, 2.05) is 54.6 Å². The van der Waals surface area contributed by atoms with E-state index in [-0.39, 0.29) is 5.78 Å². The van der Waals surface area contributed by atoms with Gasteiger partial charge in [0, 0.05) is 10.0 Å². The number of hydrogen-bond acceptors (Lipinski definition) is 1. The van der Waals surface area contributed by atoms with Crippen LogP contribution >= 0.6 is 15.9 Å². The van der Waals surface area contributed by atoms with Gasteiger partial charge in [-0.05, 0) is 35.3 Å². The molecule has 0 heterocycles. The molecule has 2 aromatic carbocycles. The fourth-order valence-electron chi connectivity index (χ4n) is 1.87. The average molecular weight is 329 g/mol. The molecule has 0 spiro atoms. The van der Waals surface area contributed by atoms with Gasteiger partial charge in [-0.25, -0.2) is 0 Å². The molecule has 2 heteroatoms. The van der Waals surface area contributed by atoms with Crippen LogP contribution in [0.3, 0.4) is 0 Å². The van der Waals surface area contributed by atoms with Gasteiger partial charge >= 0.3 is 0 Å². The number of benzene rings is 2. The predicted octanol–water partition coefficient (Wildman–Crippen LogP) is 5.47. The van der Waals surface area contributed by atoms with Gasteiger partial charge in [-0.3, -0.25) is 4.79 Å². The lowest BCUT2D eigenvalue weighted by atomic mass is 10.0. The largest absolute Gasteiger partial charge is 0.289 e. The van der Waals surface area contributed by atoms with Gasteiger partial charge in [0.1, 0.15) is 0 Å². The quantitative estimate of drug-likeness (QED) is 0.537. The van der Waals surface area contributed by atoms with Crippen molar-refractivity contribution >= 4 is 27.8 Å². The Balaban J connectivity index is 2.09. The minimum Gasteiger partial charge on any atom is -0.289 e. The van der Waals surface area contributed by atoms with Crippen LogP contribution in [0.15, 0.2) is 59.1 Å². The molecule has 0 aromatic heterocycles. The van der Waals surface area contributed by atoms with Crippen molar-refractivity contribution in [1.29, 1.82) is 0 Å². The van der Waals surface area contributed by atoms with Crippen LogP contribution in [0.4, 0.5) is 0 Å². The lowest BCUT2D eigenvalue weighted by molar-refractivity contribution is 0.104. The van der Waals surface area contributed by atoms with Crippen LogP contribution in [0.25, 0.3) is 6.08 Å². The van der Waals surface area contributed by atoms with Crippen LogP contribution < -0.4 is 0 Å². The minimum absolute atomic E-state index is 0.0308. The zero-order chi connectivity index (χ0) is 14.5. The molecule has 1 nitrogen and oxygen atoms in total. The molecule has 0 saturated carbocycles. The van der Waals surface area contributed by atoms with E-state index in [9.17, 15) is 4.79 Å². The Morgan fingerprint density at radius 3 is 2.15 bits per heavy atom. The van der Waals surface area contributed by atoms with E-state index >= 15 is 0 Å². The molecule has 0 saturated heterocycles. The summed E-state index contributed by atoms with van der Waals surface area (Å²) in [5.41, 5.74) is 2.99. The van der Waals surface area contributed by atoms with Gasteiger partial charge in [0.25, 0.3) is 0 Å². The first-order valence-electron chi connectivity index (χ1n) is 6.64. The number of carbonyl (C=O) groups is 1. The molecule has 0 aliphatic carbocycles. The Morgan fingerprint density at radius 1 is 1.00 bits per heavy atom. The summed E-state index contributed by atoms with van der Waals surface area (Å²) in [5.74, 6) is 0.515. The molecule has 0 N–H and O–H groups in total. The summed E-state index contributed by atoms with van der Waals surface area (Å²) in [5, 5.41) is 0.